The smallest absolute Gasteiger partial charge is 0.224 e. The Hall–Kier alpha value is -0.710. The molecular weight excluding hydrogens is 328 g/mol. The Morgan fingerprint density at radius 2 is 2.13 bits per heavy atom. The van der Waals surface area contributed by atoms with Crippen molar-refractivity contribution < 1.29 is 4.79 Å². The normalized spacial score (nSPS) is 24.3. The minimum absolute atomic E-state index is 0. The van der Waals surface area contributed by atoms with E-state index in [1.807, 2.05) is 11.8 Å². The van der Waals surface area contributed by atoms with Gasteiger partial charge in [0.1, 0.15) is 0 Å². The highest BCUT2D eigenvalue weighted by Gasteiger charge is 2.29. The number of carbonyl (C=O) groups excluding carboxylic acids is 1. The van der Waals surface area contributed by atoms with Crippen LogP contribution in [0, 0.1) is 0 Å². The highest BCUT2D eigenvalue weighted by Crippen LogP contribution is 2.23. The number of hydrogen-bond donors (Lipinski definition) is 1. The Labute approximate surface area is 150 Å². The van der Waals surface area contributed by atoms with E-state index in [1.54, 1.807) is 0 Å². The third-order valence-corrected chi connectivity index (χ3v) is 5.86. The van der Waals surface area contributed by atoms with Gasteiger partial charge < -0.3 is 10.2 Å². The Bertz CT molecular complexity index is 479. The molecule has 2 unspecified atom stereocenters. The fourth-order valence-electron chi connectivity index (χ4n) is 3.52. The lowest BCUT2D eigenvalue weighted by Crippen LogP contribution is -2.44. The lowest BCUT2D eigenvalue weighted by molar-refractivity contribution is -0.132. The lowest BCUT2D eigenvalue weighted by atomic mass is 10.0. The molecule has 2 heterocycles. The Morgan fingerprint density at radius 3 is 2.87 bits per heavy atom. The molecule has 2 atom stereocenters. The summed E-state index contributed by atoms with van der Waals surface area (Å²) in [5.41, 5.74) is 1.38. The average Bonchev–Trinajstić information content (AvgIpc) is 3.03. The molecule has 23 heavy (non-hydrogen) atoms. The first kappa shape index (κ1) is 18.6. The number of nitrogens with zero attached hydrogens (tertiary/aromatic N) is 1. The maximum Gasteiger partial charge on any atom is 0.224 e. The number of rotatable bonds is 5. The zero-order valence-corrected chi connectivity index (χ0v) is 15.2. The standard InChI is InChI=1S/C18H26N2OS.ClH/c21-18(13-16-14-22-12-10-19-16)20-11-4-7-17(20)9-8-15-5-2-1-3-6-15;/h1-3,5-6,16-17,19H,4,7-14H2;1H. The van der Waals surface area contributed by atoms with E-state index in [0.29, 0.717) is 24.4 Å². The maximum atomic E-state index is 12.6. The van der Waals surface area contributed by atoms with Crippen LogP contribution in [0.15, 0.2) is 30.3 Å². The summed E-state index contributed by atoms with van der Waals surface area (Å²) in [4.78, 5) is 14.8. The van der Waals surface area contributed by atoms with Crippen molar-refractivity contribution in [3.63, 3.8) is 0 Å². The molecule has 1 aromatic rings. The van der Waals surface area contributed by atoms with Crippen molar-refractivity contribution in [2.75, 3.05) is 24.6 Å². The van der Waals surface area contributed by atoms with Crippen molar-refractivity contribution in [3.8, 4) is 0 Å². The third kappa shape index (κ3) is 5.40. The van der Waals surface area contributed by atoms with Crippen LogP contribution in [-0.4, -0.2) is 47.5 Å². The van der Waals surface area contributed by atoms with Gasteiger partial charge in [0.25, 0.3) is 0 Å². The van der Waals surface area contributed by atoms with Crippen LogP contribution in [0.2, 0.25) is 0 Å². The molecule has 0 spiro atoms. The molecule has 0 bridgehead atoms. The van der Waals surface area contributed by atoms with E-state index in [1.165, 1.54) is 17.7 Å². The number of halogens is 1. The van der Waals surface area contributed by atoms with Crippen molar-refractivity contribution in [2.45, 2.75) is 44.2 Å². The van der Waals surface area contributed by atoms with Crippen LogP contribution in [0.3, 0.4) is 0 Å². The highest BCUT2D eigenvalue weighted by atomic mass is 35.5. The van der Waals surface area contributed by atoms with Crippen LogP contribution >= 0.6 is 24.2 Å². The number of thioether (sulfide) groups is 1. The number of nitrogens with one attached hydrogen (secondary N) is 1. The molecule has 0 saturated carbocycles. The number of amides is 1. The van der Waals surface area contributed by atoms with Gasteiger partial charge in [0, 0.05) is 43.1 Å². The summed E-state index contributed by atoms with van der Waals surface area (Å²) in [5, 5.41) is 3.48. The minimum atomic E-state index is 0. The second kappa shape index (κ2) is 9.55. The minimum Gasteiger partial charge on any atom is -0.340 e. The second-order valence-electron chi connectivity index (χ2n) is 6.34. The Balaban J connectivity index is 0.00000192. The van der Waals surface area contributed by atoms with Gasteiger partial charge in [0.05, 0.1) is 0 Å². The van der Waals surface area contributed by atoms with E-state index in [-0.39, 0.29) is 12.4 Å². The summed E-state index contributed by atoms with van der Waals surface area (Å²) in [6, 6.07) is 11.4. The highest BCUT2D eigenvalue weighted by molar-refractivity contribution is 7.99. The van der Waals surface area contributed by atoms with E-state index >= 15 is 0 Å². The van der Waals surface area contributed by atoms with Gasteiger partial charge in [0.2, 0.25) is 5.91 Å². The van der Waals surface area contributed by atoms with Gasteiger partial charge in [-0.2, -0.15) is 11.8 Å². The van der Waals surface area contributed by atoms with Gasteiger partial charge in [-0.15, -0.1) is 12.4 Å². The molecule has 1 amide bonds. The Kier molecular flexibility index (Phi) is 7.74. The third-order valence-electron chi connectivity index (χ3n) is 4.73. The van der Waals surface area contributed by atoms with Gasteiger partial charge in [-0.3, -0.25) is 4.79 Å². The fourth-order valence-corrected chi connectivity index (χ4v) is 4.47. The molecular formula is C18H27ClN2OS. The van der Waals surface area contributed by atoms with Gasteiger partial charge in [-0.1, -0.05) is 30.3 Å². The number of likely N-dealkylation sites (tertiary alicyclic amines) is 1. The second-order valence-corrected chi connectivity index (χ2v) is 7.49. The summed E-state index contributed by atoms with van der Waals surface area (Å²) >= 11 is 1.96. The van der Waals surface area contributed by atoms with Crippen LogP contribution in [0.5, 0.6) is 0 Å². The zero-order chi connectivity index (χ0) is 15.2. The van der Waals surface area contributed by atoms with Crippen molar-refractivity contribution in [2.24, 2.45) is 0 Å². The fraction of sp³-hybridized carbons (Fsp3) is 0.611. The summed E-state index contributed by atoms with van der Waals surface area (Å²) in [7, 11) is 0. The maximum absolute atomic E-state index is 12.6. The van der Waals surface area contributed by atoms with Crippen LogP contribution in [0.4, 0.5) is 0 Å². The van der Waals surface area contributed by atoms with Gasteiger partial charge in [0.15, 0.2) is 0 Å². The Morgan fingerprint density at radius 1 is 1.30 bits per heavy atom. The topological polar surface area (TPSA) is 32.3 Å². The summed E-state index contributed by atoms with van der Waals surface area (Å²) in [6.07, 6.45) is 5.19. The van der Waals surface area contributed by atoms with Crippen molar-refractivity contribution >= 4 is 30.1 Å². The molecule has 2 aliphatic rings. The predicted molar refractivity (Wildman–Crippen MR) is 100 cm³/mol. The summed E-state index contributed by atoms with van der Waals surface area (Å²) in [5.74, 6) is 2.61. The molecule has 5 heteroatoms. The van der Waals surface area contributed by atoms with Crippen molar-refractivity contribution in [3.05, 3.63) is 35.9 Å². The number of benzene rings is 1. The largest absolute Gasteiger partial charge is 0.340 e. The lowest BCUT2D eigenvalue weighted by Gasteiger charge is -2.28. The molecule has 3 nitrogen and oxygen atoms in total. The molecule has 2 aliphatic heterocycles. The van der Waals surface area contributed by atoms with Crippen LogP contribution in [0.25, 0.3) is 0 Å². The average molecular weight is 355 g/mol. The van der Waals surface area contributed by atoms with E-state index in [2.05, 4.69) is 40.5 Å². The van der Waals surface area contributed by atoms with E-state index in [0.717, 1.165) is 38.1 Å². The molecule has 0 radical (unpaired) electrons. The molecule has 0 aromatic heterocycles. The molecule has 128 valence electrons. The SMILES string of the molecule is Cl.O=C(CC1CSCCN1)N1CCCC1CCc1ccccc1. The van der Waals surface area contributed by atoms with Gasteiger partial charge >= 0.3 is 0 Å². The molecule has 1 aromatic carbocycles. The summed E-state index contributed by atoms with van der Waals surface area (Å²) in [6.45, 7) is 2.00. The quantitative estimate of drug-likeness (QED) is 0.881. The number of carbonyl (C=O) groups is 1. The summed E-state index contributed by atoms with van der Waals surface area (Å²) < 4.78 is 0. The molecule has 3 rings (SSSR count). The first-order valence-corrected chi connectivity index (χ1v) is 9.63. The van der Waals surface area contributed by atoms with Crippen LogP contribution in [-0.2, 0) is 11.2 Å². The van der Waals surface area contributed by atoms with Gasteiger partial charge in [-0.05, 0) is 31.2 Å². The zero-order valence-electron chi connectivity index (χ0n) is 13.6. The van der Waals surface area contributed by atoms with Crippen LogP contribution < -0.4 is 5.32 Å². The first-order chi connectivity index (χ1) is 10.8. The number of aryl methyl sites for hydroxylation is 1. The van der Waals surface area contributed by atoms with E-state index < -0.39 is 0 Å². The molecule has 2 saturated heterocycles. The first-order valence-electron chi connectivity index (χ1n) is 8.47. The van der Waals surface area contributed by atoms with Crippen LogP contribution in [0.1, 0.15) is 31.2 Å². The van der Waals surface area contributed by atoms with E-state index in [9.17, 15) is 4.79 Å². The van der Waals surface area contributed by atoms with Gasteiger partial charge in [-0.25, -0.2) is 0 Å². The van der Waals surface area contributed by atoms with E-state index in [4.69, 9.17) is 0 Å². The van der Waals surface area contributed by atoms with Crippen molar-refractivity contribution in [1.82, 2.24) is 10.2 Å². The predicted octanol–water partition coefficient (Wildman–Crippen LogP) is 3.13. The molecule has 1 N–H and O–H groups in total. The molecule has 2 fully saturated rings. The van der Waals surface area contributed by atoms with Crippen molar-refractivity contribution in [1.29, 1.82) is 0 Å². The monoisotopic (exact) mass is 354 g/mol. The number of hydrogen-bond acceptors (Lipinski definition) is 3. The molecule has 0 aliphatic carbocycles.